The number of ketones is 1. The molecule has 1 aliphatic heterocycles. The van der Waals surface area contributed by atoms with Crippen LogP contribution in [0.25, 0.3) is 0 Å². The van der Waals surface area contributed by atoms with Crippen molar-refractivity contribution in [3.8, 4) is 0 Å². The van der Waals surface area contributed by atoms with Crippen molar-refractivity contribution in [2.24, 2.45) is 5.92 Å². The fourth-order valence-electron chi connectivity index (χ4n) is 3.99. The fourth-order valence-corrected chi connectivity index (χ4v) is 4.17. The molecule has 1 heterocycles. The number of amides is 1. The van der Waals surface area contributed by atoms with Crippen molar-refractivity contribution in [1.82, 2.24) is 4.90 Å². The third kappa shape index (κ3) is 5.42. The van der Waals surface area contributed by atoms with Gasteiger partial charge in [0.05, 0.1) is 5.69 Å². The summed E-state index contributed by atoms with van der Waals surface area (Å²) in [5.74, 6) is -0.639. The molecule has 1 aliphatic rings. The third-order valence-corrected chi connectivity index (χ3v) is 6.03. The van der Waals surface area contributed by atoms with Crippen LogP contribution in [0.3, 0.4) is 0 Å². The van der Waals surface area contributed by atoms with Gasteiger partial charge in [0.1, 0.15) is 5.82 Å². The maximum Gasteiger partial charge on any atom is 0.227 e. The molecule has 0 aliphatic carbocycles. The number of piperidine rings is 1. The van der Waals surface area contributed by atoms with Crippen molar-refractivity contribution in [3.63, 3.8) is 0 Å². The van der Waals surface area contributed by atoms with Crippen LogP contribution in [-0.2, 0) is 11.3 Å². The van der Waals surface area contributed by atoms with E-state index < -0.39 is 0 Å². The van der Waals surface area contributed by atoms with Gasteiger partial charge in [-0.3, -0.25) is 14.5 Å². The van der Waals surface area contributed by atoms with Crippen LogP contribution in [0.4, 0.5) is 10.1 Å². The summed E-state index contributed by atoms with van der Waals surface area (Å²) in [6.07, 6.45) is 1.45. The van der Waals surface area contributed by atoms with Gasteiger partial charge < -0.3 is 5.32 Å². The number of carbonyl (C=O) groups is 2. The number of nitrogens with zero attached hydrogens (tertiary/aromatic N) is 1. The number of hydrogen-bond donors (Lipinski definition) is 1. The van der Waals surface area contributed by atoms with Crippen molar-refractivity contribution < 1.29 is 14.0 Å². The van der Waals surface area contributed by atoms with Gasteiger partial charge in [-0.2, -0.15) is 0 Å². The van der Waals surface area contributed by atoms with E-state index in [0.717, 1.165) is 38.0 Å². The first kappa shape index (κ1) is 22.2. The minimum atomic E-state index is -0.239. The maximum absolute atomic E-state index is 13.1. The van der Waals surface area contributed by atoms with E-state index in [1.165, 1.54) is 12.1 Å². The molecule has 0 radical (unpaired) electrons. The average molecular weight is 451 g/mol. The van der Waals surface area contributed by atoms with Crippen LogP contribution in [0.2, 0.25) is 5.02 Å². The molecule has 4 nitrogen and oxygen atoms in total. The Hall–Kier alpha value is -3.02. The molecule has 0 atom stereocenters. The van der Waals surface area contributed by atoms with E-state index in [0.29, 0.717) is 21.8 Å². The van der Waals surface area contributed by atoms with Gasteiger partial charge in [0, 0.05) is 28.6 Å². The van der Waals surface area contributed by atoms with E-state index in [1.807, 2.05) is 6.07 Å². The van der Waals surface area contributed by atoms with Crippen LogP contribution in [0.15, 0.2) is 72.8 Å². The molecule has 1 saturated heterocycles. The van der Waals surface area contributed by atoms with E-state index in [4.69, 9.17) is 11.6 Å². The van der Waals surface area contributed by atoms with Crippen LogP contribution in [0, 0.1) is 11.7 Å². The number of halogens is 2. The van der Waals surface area contributed by atoms with Crippen molar-refractivity contribution in [3.05, 3.63) is 100 Å². The summed E-state index contributed by atoms with van der Waals surface area (Å²) in [6.45, 7) is 2.30. The maximum atomic E-state index is 13.1. The first-order chi connectivity index (χ1) is 15.5. The SMILES string of the molecule is O=C(c1ccccc1)c1cc(Cl)ccc1NC(=O)C1CCN(Cc2ccc(F)cc2)CC1. The molecule has 32 heavy (non-hydrogen) atoms. The highest BCUT2D eigenvalue weighted by Crippen LogP contribution is 2.26. The van der Waals surface area contributed by atoms with Crippen molar-refractivity contribution in [1.29, 1.82) is 0 Å². The molecule has 164 valence electrons. The number of hydrogen-bond acceptors (Lipinski definition) is 3. The number of anilines is 1. The largest absolute Gasteiger partial charge is 0.325 e. The van der Waals surface area contributed by atoms with Gasteiger partial charge in [-0.1, -0.05) is 54.1 Å². The highest BCUT2D eigenvalue weighted by atomic mass is 35.5. The zero-order chi connectivity index (χ0) is 22.5. The Morgan fingerprint density at radius 3 is 2.34 bits per heavy atom. The molecule has 1 N–H and O–H groups in total. The normalized spacial score (nSPS) is 14.8. The summed E-state index contributed by atoms with van der Waals surface area (Å²) in [5.41, 5.74) is 2.45. The minimum absolute atomic E-state index is 0.0872. The van der Waals surface area contributed by atoms with Crippen molar-refractivity contribution in [2.45, 2.75) is 19.4 Å². The van der Waals surface area contributed by atoms with Gasteiger partial charge >= 0.3 is 0 Å². The fraction of sp³-hybridized carbons (Fsp3) is 0.231. The van der Waals surface area contributed by atoms with Crippen molar-refractivity contribution in [2.75, 3.05) is 18.4 Å². The highest BCUT2D eigenvalue weighted by molar-refractivity contribution is 6.31. The summed E-state index contributed by atoms with van der Waals surface area (Å²) < 4.78 is 13.1. The molecule has 0 bridgehead atoms. The minimum Gasteiger partial charge on any atom is -0.325 e. The molecule has 0 unspecified atom stereocenters. The Bertz CT molecular complexity index is 1090. The van der Waals surface area contributed by atoms with Gasteiger partial charge in [-0.25, -0.2) is 4.39 Å². The lowest BCUT2D eigenvalue weighted by Gasteiger charge is -2.31. The Kier molecular flexibility index (Phi) is 6.98. The van der Waals surface area contributed by atoms with E-state index in [9.17, 15) is 14.0 Å². The molecule has 0 saturated carbocycles. The molecule has 4 rings (SSSR count). The lowest BCUT2D eigenvalue weighted by atomic mass is 9.95. The third-order valence-electron chi connectivity index (χ3n) is 5.80. The average Bonchev–Trinajstić information content (AvgIpc) is 2.82. The first-order valence-corrected chi connectivity index (χ1v) is 11.0. The van der Waals surface area contributed by atoms with Gasteiger partial charge in [0.2, 0.25) is 5.91 Å². The van der Waals surface area contributed by atoms with Crippen LogP contribution in [0.1, 0.15) is 34.3 Å². The summed E-state index contributed by atoms with van der Waals surface area (Å²) >= 11 is 6.13. The quantitative estimate of drug-likeness (QED) is 0.500. The van der Waals surface area contributed by atoms with Crippen molar-refractivity contribution >= 4 is 29.0 Å². The summed E-state index contributed by atoms with van der Waals surface area (Å²) in [7, 11) is 0. The van der Waals surface area contributed by atoms with E-state index in [1.54, 1.807) is 54.6 Å². The van der Waals surface area contributed by atoms with Gasteiger partial charge in [-0.15, -0.1) is 0 Å². The lowest BCUT2D eigenvalue weighted by molar-refractivity contribution is -0.121. The lowest BCUT2D eigenvalue weighted by Crippen LogP contribution is -2.37. The molecule has 1 amide bonds. The highest BCUT2D eigenvalue weighted by Gasteiger charge is 2.26. The second-order valence-electron chi connectivity index (χ2n) is 8.05. The van der Waals surface area contributed by atoms with E-state index in [2.05, 4.69) is 10.2 Å². The Morgan fingerprint density at radius 1 is 0.969 bits per heavy atom. The molecule has 0 aromatic heterocycles. The molecule has 6 heteroatoms. The Morgan fingerprint density at radius 2 is 1.66 bits per heavy atom. The Labute approximate surface area is 192 Å². The second kappa shape index (κ2) is 10.1. The predicted octanol–water partition coefficient (Wildman–Crippen LogP) is 5.56. The molecule has 3 aromatic carbocycles. The second-order valence-corrected chi connectivity index (χ2v) is 8.49. The Balaban J connectivity index is 1.39. The van der Waals surface area contributed by atoms with Gasteiger partial charge in [0.25, 0.3) is 0 Å². The number of carbonyl (C=O) groups excluding carboxylic acids is 2. The number of benzene rings is 3. The van der Waals surface area contributed by atoms with E-state index >= 15 is 0 Å². The monoisotopic (exact) mass is 450 g/mol. The summed E-state index contributed by atoms with van der Waals surface area (Å²) in [4.78, 5) is 28.2. The summed E-state index contributed by atoms with van der Waals surface area (Å²) in [5, 5.41) is 3.39. The summed E-state index contributed by atoms with van der Waals surface area (Å²) in [6, 6.07) is 20.4. The molecule has 1 fully saturated rings. The zero-order valence-corrected chi connectivity index (χ0v) is 18.3. The molecular formula is C26H24ClFN2O2. The molecule has 0 spiro atoms. The van der Waals surface area contributed by atoms with Crippen LogP contribution in [0.5, 0.6) is 0 Å². The molecule has 3 aromatic rings. The zero-order valence-electron chi connectivity index (χ0n) is 17.6. The topological polar surface area (TPSA) is 49.4 Å². The van der Waals surface area contributed by atoms with Gasteiger partial charge in [-0.05, 0) is 61.8 Å². The van der Waals surface area contributed by atoms with Crippen LogP contribution in [-0.4, -0.2) is 29.7 Å². The standard InChI is InChI=1S/C26H24ClFN2O2/c27-21-8-11-24(23(16-21)25(31)19-4-2-1-3-5-19)29-26(32)20-12-14-30(15-13-20)17-18-6-9-22(28)10-7-18/h1-11,16,20H,12-15,17H2,(H,29,32). The van der Waals surface area contributed by atoms with Crippen LogP contribution < -0.4 is 5.32 Å². The molecular weight excluding hydrogens is 427 g/mol. The smallest absolute Gasteiger partial charge is 0.227 e. The predicted molar refractivity (Wildman–Crippen MR) is 124 cm³/mol. The first-order valence-electron chi connectivity index (χ1n) is 10.7. The van der Waals surface area contributed by atoms with Gasteiger partial charge in [0.15, 0.2) is 5.78 Å². The van der Waals surface area contributed by atoms with E-state index in [-0.39, 0.29) is 23.4 Å². The number of rotatable bonds is 6. The number of nitrogens with one attached hydrogen (secondary N) is 1. The van der Waals surface area contributed by atoms with Crippen LogP contribution >= 0.6 is 11.6 Å². The number of likely N-dealkylation sites (tertiary alicyclic amines) is 1.